The number of carbonyl (C=O) groups excluding carboxylic acids is 1. The molecule has 4 heterocycles. The molecule has 0 unspecified atom stereocenters. The first-order chi connectivity index (χ1) is 20.0. The van der Waals surface area contributed by atoms with E-state index in [0.717, 1.165) is 60.9 Å². The van der Waals surface area contributed by atoms with E-state index in [0.29, 0.717) is 29.8 Å². The van der Waals surface area contributed by atoms with Gasteiger partial charge < -0.3 is 0 Å². The molecule has 0 spiro atoms. The molecule has 3 aromatic rings. The molecule has 2 fully saturated rings. The number of pyridine rings is 1. The molecule has 11 heteroatoms. The maximum absolute atomic E-state index is 14.4. The molecule has 1 atom stereocenters. The highest BCUT2D eigenvalue weighted by atomic mass is 32.2. The second-order valence-electron chi connectivity index (χ2n) is 12.4. The van der Waals surface area contributed by atoms with E-state index in [1.165, 1.54) is 11.0 Å². The quantitative estimate of drug-likeness (QED) is 0.291. The van der Waals surface area contributed by atoms with Crippen molar-refractivity contribution in [3.8, 4) is 0 Å². The largest absolute Gasteiger partial charge is 0.416 e. The predicted octanol–water partition coefficient (Wildman–Crippen LogP) is 6.45. The minimum Gasteiger partial charge on any atom is -0.299 e. The molecule has 224 valence electrons. The summed E-state index contributed by atoms with van der Waals surface area (Å²) in [6, 6.07) is 6.82. The maximum atomic E-state index is 14.4. The number of hydrogen-bond acceptors (Lipinski definition) is 6. The number of likely N-dealkylation sites (tertiary alicyclic amines) is 1. The molecule has 0 radical (unpaired) electrons. The SMILES string of the molecule is CCSc1cc(C2(c3ncn(C)n3)CC(C)C2)cc(N2Cc3c(cc(CN4CCC[C@H](C)C4)cc3C(F)(F)F)C2=O)n1. The molecule has 42 heavy (non-hydrogen) atoms. The van der Waals surface area contributed by atoms with Crippen molar-refractivity contribution in [2.45, 2.75) is 76.2 Å². The number of piperidine rings is 1. The lowest BCUT2D eigenvalue weighted by Crippen LogP contribution is -2.42. The molecule has 1 amide bonds. The number of carbonyl (C=O) groups is 1. The molecule has 3 aliphatic rings. The molecule has 6 rings (SSSR count). The zero-order valence-electron chi connectivity index (χ0n) is 24.5. The van der Waals surface area contributed by atoms with E-state index >= 15 is 0 Å². The van der Waals surface area contributed by atoms with Crippen LogP contribution in [-0.2, 0) is 31.7 Å². The van der Waals surface area contributed by atoms with E-state index in [-0.39, 0.29) is 17.7 Å². The lowest BCUT2D eigenvalue weighted by atomic mass is 9.59. The summed E-state index contributed by atoms with van der Waals surface area (Å²) >= 11 is 1.55. The Bertz CT molecular complexity index is 1500. The molecule has 1 saturated heterocycles. The highest BCUT2D eigenvalue weighted by Crippen LogP contribution is 2.52. The van der Waals surface area contributed by atoms with E-state index in [1.54, 1.807) is 28.8 Å². The number of amides is 1. The molecular weight excluding hydrogens is 561 g/mol. The molecule has 1 saturated carbocycles. The summed E-state index contributed by atoms with van der Waals surface area (Å²) < 4.78 is 44.9. The zero-order valence-corrected chi connectivity index (χ0v) is 25.4. The van der Waals surface area contributed by atoms with Crippen LogP contribution in [0.25, 0.3) is 0 Å². The smallest absolute Gasteiger partial charge is 0.299 e. The minimum absolute atomic E-state index is 0.0264. The van der Waals surface area contributed by atoms with Crippen molar-refractivity contribution >= 4 is 23.5 Å². The molecule has 2 aromatic heterocycles. The first-order valence-electron chi connectivity index (χ1n) is 14.8. The third-order valence-electron chi connectivity index (χ3n) is 8.89. The second kappa shape index (κ2) is 11.0. The number of aryl methyl sites for hydroxylation is 1. The van der Waals surface area contributed by atoms with Crippen molar-refractivity contribution in [2.24, 2.45) is 18.9 Å². The Balaban J connectivity index is 1.39. The molecule has 1 aliphatic carbocycles. The fourth-order valence-corrected chi connectivity index (χ4v) is 7.71. The number of halogens is 3. The summed E-state index contributed by atoms with van der Waals surface area (Å²) in [6.07, 6.45) is 0.970. The normalized spacial score (nSPS) is 24.6. The molecule has 7 nitrogen and oxygen atoms in total. The number of alkyl halides is 3. The summed E-state index contributed by atoms with van der Waals surface area (Å²) in [5.41, 5.74) is 0.480. The fraction of sp³-hybridized carbons (Fsp3) is 0.548. The van der Waals surface area contributed by atoms with Crippen LogP contribution in [0, 0.1) is 11.8 Å². The van der Waals surface area contributed by atoms with Gasteiger partial charge in [0.1, 0.15) is 12.1 Å². The van der Waals surface area contributed by atoms with Gasteiger partial charge in [-0.05, 0) is 90.8 Å². The lowest BCUT2D eigenvalue weighted by molar-refractivity contribution is -0.138. The average molecular weight is 599 g/mol. The van der Waals surface area contributed by atoms with Crippen LogP contribution in [0.15, 0.2) is 35.6 Å². The monoisotopic (exact) mass is 598 g/mol. The van der Waals surface area contributed by atoms with Gasteiger partial charge in [0.05, 0.1) is 22.5 Å². The first-order valence-corrected chi connectivity index (χ1v) is 15.7. The predicted molar refractivity (Wildman–Crippen MR) is 156 cm³/mol. The number of hydrogen-bond donors (Lipinski definition) is 0. The van der Waals surface area contributed by atoms with Crippen LogP contribution in [0.2, 0.25) is 0 Å². The van der Waals surface area contributed by atoms with Gasteiger partial charge in [0.25, 0.3) is 5.91 Å². The van der Waals surface area contributed by atoms with E-state index in [2.05, 4.69) is 28.8 Å². The second-order valence-corrected chi connectivity index (χ2v) is 13.6. The van der Waals surface area contributed by atoms with Gasteiger partial charge in [-0.15, -0.1) is 11.8 Å². The Labute approximate surface area is 248 Å². The van der Waals surface area contributed by atoms with Gasteiger partial charge in [0.15, 0.2) is 5.82 Å². The van der Waals surface area contributed by atoms with E-state index in [1.807, 2.05) is 26.1 Å². The lowest BCUT2D eigenvalue weighted by Gasteiger charge is -2.45. The van der Waals surface area contributed by atoms with E-state index in [4.69, 9.17) is 4.98 Å². The number of anilines is 1. The van der Waals surface area contributed by atoms with Crippen LogP contribution in [0.5, 0.6) is 0 Å². The van der Waals surface area contributed by atoms with Gasteiger partial charge in [-0.1, -0.05) is 20.8 Å². The summed E-state index contributed by atoms with van der Waals surface area (Å²) in [4.78, 5) is 26.9. The van der Waals surface area contributed by atoms with Gasteiger partial charge in [0, 0.05) is 25.7 Å². The fourth-order valence-electron chi connectivity index (χ4n) is 7.05. The maximum Gasteiger partial charge on any atom is 0.416 e. The molecule has 1 aromatic carbocycles. The van der Waals surface area contributed by atoms with Crippen molar-refractivity contribution in [2.75, 3.05) is 23.7 Å². The zero-order chi connectivity index (χ0) is 29.8. The number of fused-ring (bicyclic) bond motifs is 1. The van der Waals surface area contributed by atoms with Crippen LogP contribution in [-0.4, -0.2) is 49.4 Å². The molecule has 0 bridgehead atoms. The number of benzene rings is 1. The van der Waals surface area contributed by atoms with Gasteiger partial charge in [-0.3, -0.25) is 19.3 Å². The van der Waals surface area contributed by atoms with Crippen LogP contribution in [0.1, 0.15) is 84.9 Å². The summed E-state index contributed by atoms with van der Waals surface area (Å²) in [6.45, 7) is 8.31. The third-order valence-corrected chi connectivity index (χ3v) is 9.68. The Morgan fingerprint density at radius 2 is 1.90 bits per heavy atom. The summed E-state index contributed by atoms with van der Waals surface area (Å²) in [5.74, 6) is 2.41. The van der Waals surface area contributed by atoms with Crippen molar-refractivity contribution in [1.82, 2.24) is 24.6 Å². The highest BCUT2D eigenvalue weighted by molar-refractivity contribution is 7.99. The van der Waals surface area contributed by atoms with Crippen LogP contribution in [0.3, 0.4) is 0 Å². The minimum atomic E-state index is -4.57. The molecule has 2 aliphatic heterocycles. The van der Waals surface area contributed by atoms with Crippen LogP contribution >= 0.6 is 11.8 Å². The number of aromatic nitrogens is 4. The molecule has 0 N–H and O–H groups in total. The van der Waals surface area contributed by atoms with Crippen molar-refractivity contribution < 1.29 is 18.0 Å². The highest BCUT2D eigenvalue weighted by Gasteiger charge is 2.49. The number of rotatable bonds is 7. The van der Waals surface area contributed by atoms with Gasteiger partial charge >= 0.3 is 6.18 Å². The topological polar surface area (TPSA) is 67.2 Å². The Morgan fingerprint density at radius 3 is 2.55 bits per heavy atom. The van der Waals surface area contributed by atoms with E-state index < -0.39 is 23.1 Å². The number of nitrogens with zero attached hydrogens (tertiary/aromatic N) is 6. The van der Waals surface area contributed by atoms with Crippen molar-refractivity contribution in [1.29, 1.82) is 0 Å². The van der Waals surface area contributed by atoms with Gasteiger partial charge in [-0.2, -0.15) is 18.3 Å². The summed E-state index contributed by atoms with van der Waals surface area (Å²) in [5, 5.41) is 5.37. The molecular formula is C31H37F3N6OS. The van der Waals surface area contributed by atoms with E-state index in [9.17, 15) is 18.0 Å². The Morgan fingerprint density at radius 1 is 1.12 bits per heavy atom. The van der Waals surface area contributed by atoms with Crippen molar-refractivity contribution in [3.63, 3.8) is 0 Å². The first kappa shape index (κ1) is 29.2. The average Bonchev–Trinajstić information content (AvgIpc) is 3.49. The van der Waals surface area contributed by atoms with Crippen LogP contribution in [0.4, 0.5) is 19.0 Å². The van der Waals surface area contributed by atoms with Gasteiger partial charge in [0.2, 0.25) is 0 Å². The van der Waals surface area contributed by atoms with Gasteiger partial charge in [-0.25, -0.2) is 9.97 Å². The summed E-state index contributed by atoms with van der Waals surface area (Å²) in [7, 11) is 1.83. The third kappa shape index (κ3) is 5.34. The Kier molecular flexibility index (Phi) is 7.62. The van der Waals surface area contributed by atoms with Crippen LogP contribution < -0.4 is 4.90 Å². The van der Waals surface area contributed by atoms with Crippen molar-refractivity contribution in [3.05, 3.63) is 64.2 Å². The Hall–Kier alpha value is -2.92. The standard InChI is InChI=1S/C31H37F3N6OS/c1-5-42-27-12-22(30(13-20(3)14-30)29-35-18-38(4)37-29)11-26(36-27)40-17-24-23(28(40)41)9-21(10-25(24)31(32,33)34)16-39-8-6-7-19(2)15-39/h9-12,18-20H,5-8,13-17H2,1-4H3/t19-,20?,30?/m0/s1. The number of thioether (sulfide) groups is 1.